The number of aryl methyl sites for hydroxylation is 1. The first-order valence-corrected chi connectivity index (χ1v) is 11.3. The van der Waals surface area contributed by atoms with E-state index in [2.05, 4.69) is 5.10 Å². The van der Waals surface area contributed by atoms with Crippen LogP contribution >= 0.6 is 0 Å². The number of hydrogen-bond acceptors (Lipinski definition) is 5. The number of sulfonamides is 1. The van der Waals surface area contributed by atoms with Crippen molar-refractivity contribution in [1.29, 1.82) is 0 Å². The molecule has 2 aromatic carbocycles. The van der Waals surface area contributed by atoms with Crippen LogP contribution in [0.2, 0.25) is 0 Å². The van der Waals surface area contributed by atoms with Crippen LogP contribution in [0.4, 0.5) is 8.78 Å². The molecule has 32 heavy (non-hydrogen) atoms. The number of carbonyl (C=O) groups excluding carboxylic acids is 1. The summed E-state index contributed by atoms with van der Waals surface area (Å²) in [7, 11) is -2.49. The van der Waals surface area contributed by atoms with Gasteiger partial charge in [-0.3, -0.25) is 9.59 Å². The van der Waals surface area contributed by atoms with E-state index in [1.165, 1.54) is 16.6 Å². The third-order valence-corrected chi connectivity index (χ3v) is 7.37. The summed E-state index contributed by atoms with van der Waals surface area (Å²) in [6.07, 6.45) is -0.0371. The molecule has 1 aliphatic rings. The van der Waals surface area contributed by atoms with Crippen molar-refractivity contribution in [3.63, 3.8) is 0 Å². The molecule has 1 saturated heterocycles. The SMILES string of the molecule is Cn1nc(CC(=O)N2CCN(S(=O)(=O)c3ccc(F)c(F)c3)CC2)c2ccccc2c1=O. The Bertz CT molecular complexity index is 1370. The van der Waals surface area contributed by atoms with Gasteiger partial charge < -0.3 is 4.90 Å². The Kier molecular flexibility index (Phi) is 5.78. The van der Waals surface area contributed by atoms with Crippen LogP contribution in [0, 0.1) is 11.6 Å². The molecule has 1 amide bonds. The monoisotopic (exact) mass is 462 g/mol. The van der Waals surface area contributed by atoms with Gasteiger partial charge in [0.1, 0.15) is 0 Å². The molecular weight excluding hydrogens is 442 g/mol. The van der Waals surface area contributed by atoms with Crippen LogP contribution in [-0.4, -0.2) is 59.5 Å². The molecule has 0 saturated carbocycles. The van der Waals surface area contributed by atoms with E-state index in [-0.39, 0.29) is 49.0 Å². The number of nitrogens with zero attached hydrogens (tertiary/aromatic N) is 4. The minimum absolute atomic E-state index is 0.0223. The van der Waals surface area contributed by atoms with Crippen molar-refractivity contribution in [3.8, 4) is 0 Å². The summed E-state index contributed by atoms with van der Waals surface area (Å²) < 4.78 is 54.4. The molecule has 8 nitrogen and oxygen atoms in total. The average Bonchev–Trinajstić information content (AvgIpc) is 2.79. The Morgan fingerprint density at radius 2 is 1.66 bits per heavy atom. The van der Waals surface area contributed by atoms with E-state index in [4.69, 9.17) is 0 Å². The van der Waals surface area contributed by atoms with Gasteiger partial charge in [-0.1, -0.05) is 18.2 Å². The molecule has 0 bridgehead atoms. The highest BCUT2D eigenvalue weighted by atomic mass is 32.2. The summed E-state index contributed by atoms with van der Waals surface area (Å²) in [5.74, 6) is -2.61. The first kappa shape index (κ1) is 22.0. The minimum atomic E-state index is -4.01. The van der Waals surface area contributed by atoms with E-state index >= 15 is 0 Å². The molecule has 11 heteroatoms. The van der Waals surface area contributed by atoms with Crippen LogP contribution in [0.25, 0.3) is 10.8 Å². The fraction of sp³-hybridized carbons (Fsp3) is 0.286. The normalized spacial score (nSPS) is 15.3. The van der Waals surface area contributed by atoms with Gasteiger partial charge in [0.2, 0.25) is 15.9 Å². The van der Waals surface area contributed by atoms with Gasteiger partial charge in [0.25, 0.3) is 5.56 Å². The molecule has 0 atom stereocenters. The van der Waals surface area contributed by atoms with Crippen molar-refractivity contribution in [2.45, 2.75) is 11.3 Å². The number of fused-ring (bicyclic) bond motifs is 1. The quantitative estimate of drug-likeness (QED) is 0.583. The lowest BCUT2D eigenvalue weighted by atomic mass is 10.1. The fourth-order valence-corrected chi connectivity index (χ4v) is 5.16. The van der Waals surface area contributed by atoms with Crippen molar-refractivity contribution in [2.75, 3.05) is 26.2 Å². The van der Waals surface area contributed by atoms with Gasteiger partial charge in [0.05, 0.1) is 22.4 Å². The number of amides is 1. The topological polar surface area (TPSA) is 92.6 Å². The Hall–Kier alpha value is -3.18. The van der Waals surface area contributed by atoms with Crippen LogP contribution in [0.3, 0.4) is 0 Å². The maximum atomic E-state index is 13.5. The van der Waals surface area contributed by atoms with Crippen molar-refractivity contribution >= 4 is 26.7 Å². The summed E-state index contributed by atoms with van der Waals surface area (Å²) >= 11 is 0. The molecule has 1 aliphatic heterocycles. The molecule has 0 unspecified atom stereocenters. The zero-order valence-corrected chi connectivity index (χ0v) is 18.0. The highest BCUT2D eigenvalue weighted by molar-refractivity contribution is 7.89. The lowest BCUT2D eigenvalue weighted by Crippen LogP contribution is -2.51. The van der Waals surface area contributed by atoms with E-state index in [0.717, 1.165) is 16.4 Å². The van der Waals surface area contributed by atoms with E-state index in [1.54, 1.807) is 24.3 Å². The highest BCUT2D eigenvalue weighted by Gasteiger charge is 2.31. The smallest absolute Gasteiger partial charge is 0.274 e. The zero-order chi connectivity index (χ0) is 23.0. The lowest BCUT2D eigenvalue weighted by Gasteiger charge is -2.34. The molecule has 1 aromatic heterocycles. The summed E-state index contributed by atoms with van der Waals surface area (Å²) in [6, 6.07) is 9.35. The van der Waals surface area contributed by atoms with Crippen molar-refractivity contribution in [2.24, 2.45) is 7.05 Å². The molecule has 0 N–H and O–H groups in total. The Balaban J connectivity index is 1.48. The van der Waals surface area contributed by atoms with Crippen molar-refractivity contribution in [3.05, 3.63) is 70.1 Å². The number of benzene rings is 2. The maximum absolute atomic E-state index is 13.5. The predicted octanol–water partition coefficient (Wildman–Crippen LogP) is 1.29. The molecule has 2 heterocycles. The highest BCUT2D eigenvalue weighted by Crippen LogP contribution is 2.21. The largest absolute Gasteiger partial charge is 0.340 e. The molecule has 0 radical (unpaired) electrons. The third-order valence-electron chi connectivity index (χ3n) is 5.47. The Morgan fingerprint density at radius 3 is 2.31 bits per heavy atom. The fourth-order valence-electron chi connectivity index (χ4n) is 3.73. The van der Waals surface area contributed by atoms with E-state index < -0.39 is 21.7 Å². The second-order valence-electron chi connectivity index (χ2n) is 7.46. The average molecular weight is 462 g/mol. The van der Waals surface area contributed by atoms with Gasteiger partial charge in [-0.05, 0) is 24.3 Å². The van der Waals surface area contributed by atoms with E-state index in [0.29, 0.717) is 22.5 Å². The molecular formula is C21H20F2N4O4S. The number of carbonyl (C=O) groups is 1. The van der Waals surface area contributed by atoms with Crippen LogP contribution in [0.1, 0.15) is 5.69 Å². The van der Waals surface area contributed by atoms with Gasteiger partial charge in [-0.2, -0.15) is 9.40 Å². The summed E-state index contributed by atoms with van der Waals surface area (Å²) in [5, 5.41) is 5.30. The Morgan fingerprint density at radius 1 is 1.00 bits per heavy atom. The molecule has 0 aliphatic carbocycles. The van der Waals surface area contributed by atoms with E-state index in [1.807, 2.05) is 0 Å². The van der Waals surface area contributed by atoms with Gasteiger partial charge >= 0.3 is 0 Å². The van der Waals surface area contributed by atoms with Gasteiger partial charge in [-0.25, -0.2) is 21.9 Å². The number of halogens is 2. The summed E-state index contributed by atoms with van der Waals surface area (Å²) in [5.41, 5.74) is 0.206. The van der Waals surface area contributed by atoms with Crippen molar-refractivity contribution in [1.82, 2.24) is 19.0 Å². The maximum Gasteiger partial charge on any atom is 0.274 e. The summed E-state index contributed by atoms with van der Waals surface area (Å²) in [6.45, 7) is 0.333. The van der Waals surface area contributed by atoms with E-state index in [9.17, 15) is 26.8 Å². The van der Waals surface area contributed by atoms with Crippen molar-refractivity contribution < 1.29 is 22.0 Å². The first-order valence-electron chi connectivity index (χ1n) is 9.86. The molecule has 1 fully saturated rings. The number of rotatable bonds is 4. The van der Waals surface area contributed by atoms with Crippen LogP contribution in [0.5, 0.6) is 0 Å². The summed E-state index contributed by atoms with van der Waals surface area (Å²) in [4.78, 5) is 26.3. The molecule has 168 valence electrons. The minimum Gasteiger partial charge on any atom is -0.340 e. The van der Waals surface area contributed by atoms with Gasteiger partial charge in [0.15, 0.2) is 11.6 Å². The van der Waals surface area contributed by atoms with Crippen LogP contribution < -0.4 is 5.56 Å². The number of aromatic nitrogens is 2. The molecule has 0 spiro atoms. The van der Waals surface area contributed by atoms with Gasteiger partial charge in [0, 0.05) is 38.6 Å². The van der Waals surface area contributed by atoms with Crippen LogP contribution in [0.15, 0.2) is 52.2 Å². The lowest BCUT2D eigenvalue weighted by molar-refractivity contribution is -0.131. The number of piperazine rings is 1. The van der Waals surface area contributed by atoms with Crippen LogP contribution in [-0.2, 0) is 28.3 Å². The Labute approximate surface area is 182 Å². The second-order valence-corrected chi connectivity index (χ2v) is 9.40. The third kappa shape index (κ3) is 4.00. The molecule has 3 aromatic rings. The number of hydrogen-bond donors (Lipinski definition) is 0. The predicted molar refractivity (Wildman–Crippen MR) is 112 cm³/mol. The standard InChI is InChI=1S/C21H20F2N4O4S/c1-25-21(29)16-5-3-2-4-15(16)19(24-25)13-20(28)26-8-10-27(11-9-26)32(30,31)14-6-7-17(22)18(23)12-14/h2-7,12H,8-11,13H2,1H3. The first-order chi connectivity index (χ1) is 15.2. The molecule has 4 rings (SSSR count). The zero-order valence-electron chi connectivity index (χ0n) is 17.2. The van der Waals surface area contributed by atoms with Gasteiger partial charge in [-0.15, -0.1) is 0 Å². The second kappa shape index (κ2) is 8.40.